The molecule has 0 fully saturated rings. The number of halogens is 2. The zero-order valence-corrected chi connectivity index (χ0v) is 16.1. The fourth-order valence-corrected chi connectivity index (χ4v) is 2.57. The van der Waals surface area contributed by atoms with Crippen molar-refractivity contribution in [2.45, 2.75) is 13.5 Å². The maximum absolute atomic E-state index is 12.9. The van der Waals surface area contributed by atoms with Crippen molar-refractivity contribution in [2.75, 3.05) is 12.0 Å². The monoisotopic (exact) mass is 398 g/mol. The average Bonchev–Trinajstić information content (AvgIpc) is 2.70. The highest BCUT2D eigenvalue weighted by molar-refractivity contribution is 6.30. The number of rotatable bonds is 8. The molecule has 0 atom stereocenters. The predicted molar refractivity (Wildman–Crippen MR) is 111 cm³/mol. The Labute approximate surface area is 168 Å². The number of hydrogen-bond acceptors (Lipinski definition) is 4. The molecule has 0 heterocycles. The van der Waals surface area contributed by atoms with E-state index in [0.29, 0.717) is 35.4 Å². The second kappa shape index (κ2) is 9.76. The van der Waals surface area contributed by atoms with Gasteiger partial charge in [-0.25, -0.2) is 4.39 Å². The van der Waals surface area contributed by atoms with Crippen molar-refractivity contribution in [3.05, 3.63) is 88.7 Å². The van der Waals surface area contributed by atoms with Gasteiger partial charge in [-0.15, -0.1) is 0 Å². The van der Waals surface area contributed by atoms with Gasteiger partial charge in [0, 0.05) is 5.02 Å². The number of nitrogens with one attached hydrogen (secondary N) is 1. The predicted octanol–water partition coefficient (Wildman–Crippen LogP) is 5.90. The topological polar surface area (TPSA) is 42.8 Å². The van der Waals surface area contributed by atoms with Gasteiger partial charge >= 0.3 is 0 Å². The number of benzene rings is 3. The van der Waals surface area contributed by atoms with Crippen LogP contribution in [0.4, 0.5) is 10.1 Å². The van der Waals surface area contributed by atoms with Gasteiger partial charge in [0.15, 0.2) is 11.5 Å². The van der Waals surface area contributed by atoms with Crippen LogP contribution in [0.1, 0.15) is 18.1 Å². The van der Waals surface area contributed by atoms with E-state index >= 15 is 0 Å². The van der Waals surface area contributed by atoms with E-state index in [9.17, 15) is 4.39 Å². The lowest BCUT2D eigenvalue weighted by Crippen LogP contribution is -2.00. The molecule has 0 aliphatic heterocycles. The maximum atomic E-state index is 12.9. The zero-order chi connectivity index (χ0) is 19.8. The van der Waals surface area contributed by atoms with E-state index in [1.807, 2.05) is 49.4 Å². The van der Waals surface area contributed by atoms with E-state index in [0.717, 1.165) is 11.1 Å². The normalized spacial score (nSPS) is 10.8. The molecule has 0 aliphatic carbocycles. The molecule has 144 valence electrons. The van der Waals surface area contributed by atoms with Gasteiger partial charge in [-0.3, -0.25) is 5.43 Å². The van der Waals surface area contributed by atoms with Crippen molar-refractivity contribution in [2.24, 2.45) is 5.10 Å². The van der Waals surface area contributed by atoms with Crippen molar-refractivity contribution in [1.29, 1.82) is 0 Å². The summed E-state index contributed by atoms with van der Waals surface area (Å²) in [5.41, 5.74) is 5.42. The fraction of sp³-hybridized carbons (Fsp3) is 0.136. The molecule has 3 rings (SSSR count). The molecule has 0 saturated heterocycles. The summed E-state index contributed by atoms with van der Waals surface area (Å²) >= 11 is 5.91. The number of anilines is 1. The Bertz CT molecular complexity index is 928. The highest BCUT2D eigenvalue weighted by Crippen LogP contribution is 2.29. The molecular weight excluding hydrogens is 379 g/mol. The first-order valence-electron chi connectivity index (χ1n) is 8.83. The Morgan fingerprint density at radius 2 is 1.71 bits per heavy atom. The third kappa shape index (κ3) is 5.72. The van der Waals surface area contributed by atoms with Crippen molar-refractivity contribution in [3.8, 4) is 11.5 Å². The minimum Gasteiger partial charge on any atom is -0.490 e. The van der Waals surface area contributed by atoms with Crippen LogP contribution in [0.25, 0.3) is 0 Å². The molecule has 1 N–H and O–H groups in total. The molecule has 3 aromatic carbocycles. The van der Waals surface area contributed by atoms with Crippen LogP contribution in [0.5, 0.6) is 11.5 Å². The number of hydrogen-bond donors (Lipinski definition) is 1. The lowest BCUT2D eigenvalue weighted by Gasteiger charge is -2.12. The Hall–Kier alpha value is -3.05. The Morgan fingerprint density at radius 1 is 0.964 bits per heavy atom. The van der Waals surface area contributed by atoms with Crippen molar-refractivity contribution >= 4 is 23.5 Å². The Balaban J connectivity index is 1.66. The molecule has 6 heteroatoms. The van der Waals surface area contributed by atoms with Gasteiger partial charge in [-0.2, -0.15) is 5.10 Å². The minimum absolute atomic E-state index is 0.287. The number of nitrogens with zero attached hydrogens (tertiary/aromatic N) is 1. The highest BCUT2D eigenvalue weighted by Gasteiger charge is 2.06. The molecule has 0 unspecified atom stereocenters. The van der Waals surface area contributed by atoms with Gasteiger partial charge in [0.2, 0.25) is 0 Å². The molecule has 4 nitrogen and oxygen atoms in total. The summed E-state index contributed by atoms with van der Waals surface area (Å²) in [5.74, 6) is 1.01. The summed E-state index contributed by atoms with van der Waals surface area (Å²) in [4.78, 5) is 0. The smallest absolute Gasteiger partial charge is 0.161 e. The largest absolute Gasteiger partial charge is 0.490 e. The van der Waals surface area contributed by atoms with Gasteiger partial charge in [0.05, 0.1) is 18.5 Å². The van der Waals surface area contributed by atoms with Crippen LogP contribution in [-0.2, 0) is 6.61 Å². The molecule has 0 radical (unpaired) electrons. The van der Waals surface area contributed by atoms with Gasteiger partial charge in [0.1, 0.15) is 12.4 Å². The Kier molecular flexibility index (Phi) is 6.87. The lowest BCUT2D eigenvalue weighted by molar-refractivity contribution is 0.269. The van der Waals surface area contributed by atoms with Crippen LogP contribution in [-0.4, -0.2) is 12.8 Å². The third-order valence-corrected chi connectivity index (χ3v) is 4.08. The van der Waals surface area contributed by atoms with Crippen LogP contribution in [0.3, 0.4) is 0 Å². The lowest BCUT2D eigenvalue weighted by atomic mass is 10.2. The van der Waals surface area contributed by atoms with Gasteiger partial charge in [0.25, 0.3) is 0 Å². The molecule has 28 heavy (non-hydrogen) atoms. The van der Waals surface area contributed by atoms with E-state index in [2.05, 4.69) is 10.5 Å². The van der Waals surface area contributed by atoms with E-state index < -0.39 is 0 Å². The number of ether oxygens (including phenoxy) is 2. The van der Waals surface area contributed by atoms with E-state index in [1.54, 1.807) is 18.3 Å². The molecule has 0 aliphatic rings. The first kappa shape index (κ1) is 19.7. The minimum atomic E-state index is -0.287. The Morgan fingerprint density at radius 3 is 2.43 bits per heavy atom. The van der Waals surface area contributed by atoms with Crippen molar-refractivity contribution in [3.63, 3.8) is 0 Å². The summed E-state index contributed by atoms with van der Waals surface area (Å²) in [5, 5.41) is 4.86. The summed E-state index contributed by atoms with van der Waals surface area (Å²) in [6, 6.07) is 19.1. The molecule has 0 aromatic heterocycles. The molecule has 0 bridgehead atoms. The first-order chi connectivity index (χ1) is 13.6. The van der Waals surface area contributed by atoms with Crippen molar-refractivity contribution in [1.82, 2.24) is 0 Å². The van der Waals surface area contributed by atoms with E-state index in [4.69, 9.17) is 21.1 Å². The number of hydrazone groups is 1. The summed E-state index contributed by atoms with van der Waals surface area (Å²) < 4.78 is 24.5. The van der Waals surface area contributed by atoms with E-state index in [-0.39, 0.29) is 5.82 Å². The molecular formula is C22H20ClFN2O2. The summed E-state index contributed by atoms with van der Waals surface area (Å²) in [7, 11) is 0. The van der Waals surface area contributed by atoms with Crippen LogP contribution in [0.15, 0.2) is 71.8 Å². The summed E-state index contributed by atoms with van der Waals surface area (Å²) in [6.07, 6.45) is 1.66. The van der Waals surface area contributed by atoms with Gasteiger partial charge in [-0.05, 0) is 72.6 Å². The van der Waals surface area contributed by atoms with Crippen LogP contribution >= 0.6 is 11.6 Å². The SMILES string of the molecule is CCOc1cc(C=NNc2ccc(F)cc2)ccc1OCc1ccc(Cl)cc1. The first-order valence-corrected chi connectivity index (χ1v) is 9.20. The third-order valence-electron chi connectivity index (χ3n) is 3.83. The standard InChI is InChI=1S/C22H20ClFN2O2/c1-2-27-22-13-17(14-25-26-20-10-8-19(24)9-11-20)5-12-21(22)28-15-16-3-6-18(23)7-4-16/h3-14,26H,2,15H2,1H3. The quantitative estimate of drug-likeness (QED) is 0.379. The van der Waals surface area contributed by atoms with Crippen LogP contribution in [0.2, 0.25) is 5.02 Å². The second-order valence-electron chi connectivity index (χ2n) is 5.93. The average molecular weight is 399 g/mol. The second-order valence-corrected chi connectivity index (χ2v) is 6.37. The van der Waals surface area contributed by atoms with Crippen molar-refractivity contribution < 1.29 is 13.9 Å². The molecule has 3 aromatic rings. The molecule has 0 saturated carbocycles. The zero-order valence-electron chi connectivity index (χ0n) is 15.4. The summed E-state index contributed by atoms with van der Waals surface area (Å²) in [6.45, 7) is 2.85. The highest BCUT2D eigenvalue weighted by atomic mass is 35.5. The maximum Gasteiger partial charge on any atom is 0.161 e. The van der Waals surface area contributed by atoms with Gasteiger partial charge in [-0.1, -0.05) is 23.7 Å². The molecule has 0 amide bonds. The van der Waals surface area contributed by atoms with E-state index in [1.165, 1.54) is 12.1 Å². The fourth-order valence-electron chi connectivity index (χ4n) is 2.44. The van der Waals surface area contributed by atoms with Crippen LogP contribution < -0.4 is 14.9 Å². The van der Waals surface area contributed by atoms with Crippen LogP contribution in [0, 0.1) is 5.82 Å². The molecule has 0 spiro atoms. The van der Waals surface area contributed by atoms with Gasteiger partial charge < -0.3 is 9.47 Å².